The summed E-state index contributed by atoms with van der Waals surface area (Å²) in [6.45, 7) is 3.56. The fourth-order valence-corrected chi connectivity index (χ4v) is 5.87. The Morgan fingerprint density at radius 1 is 0.897 bits per heavy atom. The van der Waals surface area contributed by atoms with Gasteiger partial charge in [0.25, 0.3) is 0 Å². The molecule has 2 aromatic heterocycles. The highest BCUT2D eigenvalue weighted by atomic mass is 32.2. The topological polar surface area (TPSA) is 112 Å². The van der Waals surface area contributed by atoms with Crippen LogP contribution in [0.5, 0.6) is 0 Å². The molecule has 202 valence electrons. The highest BCUT2D eigenvalue weighted by Crippen LogP contribution is 2.24. The van der Waals surface area contributed by atoms with E-state index >= 15 is 0 Å². The summed E-state index contributed by atoms with van der Waals surface area (Å²) in [5.74, 6) is 0.559. The van der Waals surface area contributed by atoms with Crippen LogP contribution in [0.15, 0.2) is 83.9 Å². The van der Waals surface area contributed by atoms with Gasteiger partial charge in [0.15, 0.2) is 0 Å². The molecule has 5 rings (SSSR count). The molecule has 1 aliphatic heterocycles. The highest BCUT2D eigenvalue weighted by Gasteiger charge is 2.29. The molecule has 0 aliphatic carbocycles. The van der Waals surface area contributed by atoms with Crippen molar-refractivity contribution in [3.63, 3.8) is 0 Å². The molecule has 0 atom stereocenters. The first-order valence-electron chi connectivity index (χ1n) is 12.7. The van der Waals surface area contributed by atoms with E-state index in [-0.39, 0.29) is 16.8 Å². The lowest BCUT2D eigenvalue weighted by Crippen LogP contribution is -2.44. The minimum Gasteiger partial charge on any atom is -0.340 e. The molecule has 4 aromatic rings. The Morgan fingerprint density at radius 2 is 1.59 bits per heavy atom. The van der Waals surface area contributed by atoms with Crippen molar-refractivity contribution in [2.45, 2.75) is 37.2 Å². The quantitative estimate of drug-likeness (QED) is 0.275. The summed E-state index contributed by atoms with van der Waals surface area (Å²) in [5.41, 5.74) is 3.32. The van der Waals surface area contributed by atoms with Gasteiger partial charge in [0.1, 0.15) is 11.6 Å². The standard InChI is InChI=1S/C28H30FN7O2S/c1-20-3-2-4-25(32-20)19-31-22-14-17-36(18-15-22)39(37,38)26-11-9-24(10-12-26)34-28-30-16-13-27(35-28)33-23-7-5-21(29)6-8-23/h2-13,16,22,31H,14-15,17-19H2,1H3,(H2,30,33,34,35). The van der Waals surface area contributed by atoms with Crippen molar-refractivity contribution < 1.29 is 12.8 Å². The van der Waals surface area contributed by atoms with Crippen LogP contribution in [0, 0.1) is 12.7 Å². The maximum absolute atomic E-state index is 13.2. The van der Waals surface area contributed by atoms with Crippen molar-refractivity contribution in [3.05, 3.63) is 96.2 Å². The second-order valence-electron chi connectivity index (χ2n) is 9.38. The van der Waals surface area contributed by atoms with E-state index in [9.17, 15) is 12.8 Å². The van der Waals surface area contributed by atoms with Gasteiger partial charge in [-0.1, -0.05) is 6.07 Å². The van der Waals surface area contributed by atoms with Crippen molar-refractivity contribution in [1.82, 2.24) is 24.6 Å². The number of aromatic nitrogens is 3. The predicted molar refractivity (Wildman–Crippen MR) is 149 cm³/mol. The van der Waals surface area contributed by atoms with Gasteiger partial charge < -0.3 is 16.0 Å². The van der Waals surface area contributed by atoms with E-state index < -0.39 is 10.0 Å². The van der Waals surface area contributed by atoms with Crippen LogP contribution in [0.1, 0.15) is 24.2 Å². The Balaban J connectivity index is 1.15. The molecule has 9 nitrogen and oxygen atoms in total. The summed E-state index contributed by atoms with van der Waals surface area (Å²) in [6.07, 6.45) is 3.07. The Labute approximate surface area is 227 Å². The van der Waals surface area contributed by atoms with Crippen LogP contribution in [0.4, 0.5) is 27.5 Å². The highest BCUT2D eigenvalue weighted by molar-refractivity contribution is 7.89. The molecule has 0 saturated carbocycles. The zero-order chi connectivity index (χ0) is 27.2. The number of halogens is 1. The van der Waals surface area contributed by atoms with Crippen LogP contribution in [0.2, 0.25) is 0 Å². The van der Waals surface area contributed by atoms with Crippen LogP contribution in [0.25, 0.3) is 0 Å². The summed E-state index contributed by atoms with van der Waals surface area (Å²) < 4.78 is 41.2. The maximum atomic E-state index is 13.2. The lowest BCUT2D eigenvalue weighted by molar-refractivity contribution is 0.288. The van der Waals surface area contributed by atoms with Gasteiger partial charge in [0, 0.05) is 48.9 Å². The summed E-state index contributed by atoms with van der Waals surface area (Å²) >= 11 is 0. The SMILES string of the molecule is Cc1cccc(CNC2CCN(S(=O)(=O)c3ccc(Nc4nccc(Nc5ccc(F)cc5)n4)cc3)CC2)n1. The van der Waals surface area contributed by atoms with Crippen molar-refractivity contribution in [2.24, 2.45) is 0 Å². The van der Waals surface area contributed by atoms with Gasteiger partial charge in [0.2, 0.25) is 16.0 Å². The number of pyridine rings is 1. The Hall–Kier alpha value is -3.93. The summed E-state index contributed by atoms with van der Waals surface area (Å²) in [4.78, 5) is 13.4. The first-order chi connectivity index (χ1) is 18.8. The van der Waals surface area contributed by atoms with Gasteiger partial charge >= 0.3 is 0 Å². The Kier molecular flexibility index (Phi) is 8.10. The summed E-state index contributed by atoms with van der Waals surface area (Å²) in [6, 6.07) is 20.4. The molecule has 2 aromatic carbocycles. The third-order valence-electron chi connectivity index (χ3n) is 6.49. The molecule has 11 heteroatoms. The monoisotopic (exact) mass is 547 g/mol. The fraction of sp³-hybridized carbons (Fsp3) is 0.250. The number of piperidine rings is 1. The van der Waals surface area contributed by atoms with Crippen LogP contribution < -0.4 is 16.0 Å². The zero-order valence-corrected chi connectivity index (χ0v) is 22.3. The van der Waals surface area contributed by atoms with E-state index in [2.05, 4.69) is 30.9 Å². The molecule has 0 bridgehead atoms. The number of hydrogen-bond acceptors (Lipinski definition) is 8. The molecule has 3 heterocycles. The second kappa shape index (κ2) is 11.9. The zero-order valence-electron chi connectivity index (χ0n) is 21.5. The number of anilines is 4. The van der Waals surface area contributed by atoms with E-state index in [0.29, 0.717) is 42.8 Å². The minimum absolute atomic E-state index is 0.246. The number of nitrogens with one attached hydrogen (secondary N) is 3. The number of benzene rings is 2. The minimum atomic E-state index is -3.59. The van der Waals surface area contributed by atoms with Crippen LogP contribution >= 0.6 is 0 Å². The maximum Gasteiger partial charge on any atom is 0.243 e. The normalized spacial score (nSPS) is 14.7. The van der Waals surface area contributed by atoms with E-state index in [1.807, 2.05) is 25.1 Å². The van der Waals surface area contributed by atoms with Crippen LogP contribution in [0.3, 0.4) is 0 Å². The average molecular weight is 548 g/mol. The second-order valence-corrected chi connectivity index (χ2v) is 11.3. The van der Waals surface area contributed by atoms with Crippen molar-refractivity contribution in [3.8, 4) is 0 Å². The number of rotatable bonds is 9. The van der Waals surface area contributed by atoms with Crippen molar-refractivity contribution in [2.75, 3.05) is 23.7 Å². The van der Waals surface area contributed by atoms with E-state index in [1.54, 1.807) is 53.0 Å². The van der Waals surface area contributed by atoms with E-state index in [0.717, 1.165) is 24.2 Å². The van der Waals surface area contributed by atoms with Crippen molar-refractivity contribution in [1.29, 1.82) is 0 Å². The van der Waals surface area contributed by atoms with Crippen LogP contribution in [-0.4, -0.2) is 46.8 Å². The van der Waals surface area contributed by atoms with Crippen molar-refractivity contribution >= 4 is 33.2 Å². The molecular weight excluding hydrogens is 517 g/mol. The van der Waals surface area contributed by atoms with Gasteiger partial charge in [-0.05, 0) is 86.5 Å². The number of aryl methyl sites for hydroxylation is 1. The molecule has 0 unspecified atom stereocenters. The molecule has 1 saturated heterocycles. The third-order valence-corrected chi connectivity index (χ3v) is 8.41. The predicted octanol–water partition coefficient (Wildman–Crippen LogP) is 4.75. The molecule has 0 spiro atoms. The van der Waals surface area contributed by atoms with Gasteiger partial charge in [-0.3, -0.25) is 4.98 Å². The number of sulfonamides is 1. The lowest BCUT2D eigenvalue weighted by Gasteiger charge is -2.31. The van der Waals surface area contributed by atoms with Gasteiger partial charge in [-0.15, -0.1) is 0 Å². The van der Waals surface area contributed by atoms with E-state index in [1.165, 1.54) is 12.1 Å². The van der Waals surface area contributed by atoms with E-state index in [4.69, 9.17) is 0 Å². The van der Waals surface area contributed by atoms with Gasteiger partial charge in [0.05, 0.1) is 10.6 Å². The summed E-state index contributed by atoms with van der Waals surface area (Å²) in [5, 5.41) is 9.69. The molecule has 3 N–H and O–H groups in total. The molecule has 1 fully saturated rings. The molecule has 39 heavy (non-hydrogen) atoms. The number of nitrogens with zero attached hydrogens (tertiary/aromatic N) is 4. The third kappa shape index (κ3) is 6.94. The molecular formula is C28H30FN7O2S. The van der Waals surface area contributed by atoms with Crippen LogP contribution in [-0.2, 0) is 16.6 Å². The summed E-state index contributed by atoms with van der Waals surface area (Å²) in [7, 11) is -3.59. The van der Waals surface area contributed by atoms with Gasteiger partial charge in [-0.2, -0.15) is 9.29 Å². The first kappa shape index (κ1) is 26.7. The largest absolute Gasteiger partial charge is 0.340 e. The van der Waals surface area contributed by atoms with Gasteiger partial charge in [-0.25, -0.2) is 17.8 Å². The molecule has 0 amide bonds. The Bertz CT molecular complexity index is 1510. The lowest BCUT2D eigenvalue weighted by atomic mass is 10.1. The first-order valence-corrected chi connectivity index (χ1v) is 14.2. The Morgan fingerprint density at radius 3 is 2.31 bits per heavy atom. The fourth-order valence-electron chi connectivity index (χ4n) is 4.41. The average Bonchev–Trinajstić information content (AvgIpc) is 2.94. The smallest absolute Gasteiger partial charge is 0.243 e. The molecule has 1 aliphatic rings. The molecule has 0 radical (unpaired) electrons. The number of hydrogen-bond donors (Lipinski definition) is 3.